The number of nitrogens with zero attached hydrogens (tertiary/aromatic N) is 6. The third-order valence-electron chi connectivity index (χ3n) is 5.77. The number of hydrogen-bond acceptors (Lipinski definition) is 9. The molecule has 0 aromatic carbocycles. The summed E-state index contributed by atoms with van der Waals surface area (Å²) in [6.07, 6.45) is 9.79. The van der Waals surface area contributed by atoms with E-state index in [1.54, 1.807) is 18.6 Å². The molecule has 9 heteroatoms. The summed E-state index contributed by atoms with van der Waals surface area (Å²) in [6.45, 7) is 9.79. The van der Waals surface area contributed by atoms with E-state index < -0.39 is 0 Å². The van der Waals surface area contributed by atoms with Gasteiger partial charge in [-0.3, -0.25) is 9.88 Å². The lowest BCUT2D eigenvalue weighted by atomic mass is 10.1. The number of aliphatic imine (C=N–C) groups is 1. The first-order valence-electron chi connectivity index (χ1n) is 10.7. The maximum absolute atomic E-state index is 5.99. The third-order valence-corrected chi connectivity index (χ3v) is 5.77. The van der Waals surface area contributed by atoms with Crippen molar-refractivity contribution in [3.05, 3.63) is 42.1 Å². The van der Waals surface area contributed by atoms with Crippen molar-refractivity contribution in [3.8, 4) is 0 Å². The van der Waals surface area contributed by atoms with Crippen LogP contribution < -0.4 is 10.2 Å². The van der Waals surface area contributed by atoms with Crippen LogP contribution in [0.5, 0.6) is 0 Å². The number of nitrogens with one attached hydrogen (secondary N) is 1. The summed E-state index contributed by atoms with van der Waals surface area (Å²) in [5.41, 5.74) is 1.16. The van der Waals surface area contributed by atoms with Gasteiger partial charge in [0.1, 0.15) is 12.0 Å². The molecule has 4 aliphatic heterocycles. The summed E-state index contributed by atoms with van der Waals surface area (Å²) >= 11 is 0. The van der Waals surface area contributed by atoms with Crippen molar-refractivity contribution in [1.82, 2.24) is 25.1 Å². The lowest BCUT2D eigenvalue weighted by Gasteiger charge is -2.46. The summed E-state index contributed by atoms with van der Waals surface area (Å²) < 4.78 is 11.6. The zero-order valence-corrected chi connectivity index (χ0v) is 17.6. The van der Waals surface area contributed by atoms with Crippen LogP contribution in [0.3, 0.4) is 0 Å². The average Bonchev–Trinajstić information content (AvgIpc) is 2.78. The van der Waals surface area contributed by atoms with Crippen LogP contribution in [0.15, 0.2) is 47.1 Å². The second-order valence-corrected chi connectivity index (χ2v) is 8.10. The number of dihydropyridines is 1. The van der Waals surface area contributed by atoms with Crippen LogP contribution in [0.2, 0.25) is 0 Å². The van der Waals surface area contributed by atoms with Crippen LogP contribution in [0, 0.1) is 0 Å². The average molecular weight is 412 g/mol. The SMILES string of the molecule is CC1CN(C2=NC(N3CCOCC3)C3=C(NCC=C3)N2c2cnccn2)CC(C)O1. The van der Waals surface area contributed by atoms with Gasteiger partial charge in [-0.25, -0.2) is 14.9 Å². The Balaban J connectivity index is 1.60. The maximum Gasteiger partial charge on any atom is 0.210 e. The second-order valence-electron chi connectivity index (χ2n) is 8.10. The zero-order chi connectivity index (χ0) is 20.5. The van der Waals surface area contributed by atoms with Gasteiger partial charge < -0.3 is 19.7 Å². The standard InChI is InChI=1S/C21H29N7O2/c1-15-13-27(14-16(2)30-15)21-25-20(26-8-10-29-11-9-26)17-4-3-5-24-19(17)28(21)18-12-22-6-7-23-18/h3-4,6-7,12,15-16,20,24H,5,8-11,13-14H2,1-2H3. The van der Waals surface area contributed by atoms with Crippen molar-refractivity contribution in [1.29, 1.82) is 0 Å². The van der Waals surface area contributed by atoms with E-state index in [4.69, 9.17) is 14.5 Å². The van der Waals surface area contributed by atoms with Crippen LogP contribution in [-0.2, 0) is 9.47 Å². The molecule has 0 radical (unpaired) electrons. The summed E-state index contributed by atoms with van der Waals surface area (Å²) in [6, 6.07) is 0. The fraction of sp³-hybridized carbons (Fsp3) is 0.571. The van der Waals surface area contributed by atoms with Crippen molar-refractivity contribution < 1.29 is 9.47 Å². The predicted molar refractivity (Wildman–Crippen MR) is 114 cm³/mol. The highest BCUT2D eigenvalue weighted by Crippen LogP contribution is 2.31. The van der Waals surface area contributed by atoms with Gasteiger partial charge in [-0.05, 0) is 13.8 Å². The maximum atomic E-state index is 5.99. The quantitative estimate of drug-likeness (QED) is 0.766. The lowest BCUT2D eigenvalue weighted by Crippen LogP contribution is -2.59. The molecule has 5 rings (SSSR count). The number of rotatable bonds is 2. The van der Waals surface area contributed by atoms with Crippen LogP contribution in [0.4, 0.5) is 5.82 Å². The van der Waals surface area contributed by atoms with Gasteiger partial charge in [0.15, 0.2) is 5.82 Å². The molecule has 5 heterocycles. The van der Waals surface area contributed by atoms with E-state index in [0.717, 1.165) is 69.1 Å². The molecule has 4 aliphatic rings. The Labute approximate surface area is 177 Å². The van der Waals surface area contributed by atoms with Gasteiger partial charge in [0, 0.05) is 50.7 Å². The minimum Gasteiger partial charge on any atom is -0.379 e. The molecule has 1 N–H and O–H groups in total. The molecule has 0 saturated carbocycles. The van der Waals surface area contributed by atoms with E-state index in [1.165, 1.54) is 0 Å². The fourth-order valence-corrected chi connectivity index (χ4v) is 4.56. The van der Waals surface area contributed by atoms with Gasteiger partial charge in [-0.1, -0.05) is 12.2 Å². The highest BCUT2D eigenvalue weighted by atomic mass is 16.5. The smallest absolute Gasteiger partial charge is 0.210 e. The van der Waals surface area contributed by atoms with Crippen molar-refractivity contribution >= 4 is 11.8 Å². The summed E-state index contributed by atoms with van der Waals surface area (Å²) in [5, 5.41) is 3.58. The van der Waals surface area contributed by atoms with Gasteiger partial charge >= 0.3 is 0 Å². The monoisotopic (exact) mass is 411 g/mol. The van der Waals surface area contributed by atoms with Crippen LogP contribution in [0.25, 0.3) is 0 Å². The summed E-state index contributed by atoms with van der Waals surface area (Å²) in [4.78, 5) is 21.1. The van der Waals surface area contributed by atoms with Crippen LogP contribution in [0.1, 0.15) is 13.8 Å². The molecule has 0 amide bonds. The minimum absolute atomic E-state index is 0.0515. The minimum atomic E-state index is -0.0515. The van der Waals surface area contributed by atoms with E-state index in [1.807, 2.05) is 0 Å². The molecule has 3 unspecified atom stereocenters. The van der Waals surface area contributed by atoms with Crippen LogP contribution in [-0.4, -0.2) is 90.0 Å². The molecule has 0 spiro atoms. The predicted octanol–water partition coefficient (Wildman–Crippen LogP) is 0.791. The first kappa shape index (κ1) is 19.5. The van der Waals surface area contributed by atoms with E-state index in [2.05, 4.69) is 56.0 Å². The number of aromatic nitrogens is 2. The van der Waals surface area contributed by atoms with Gasteiger partial charge in [-0.15, -0.1) is 0 Å². The molecule has 160 valence electrons. The Morgan fingerprint density at radius 3 is 2.63 bits per heavy atom. The molecule has 1 aromatic heterocycles. The number of morpholine rings is 2. The first-order valence-corrected chi connectivity index (χ1v) is 10.7. The van der Waals surface area contributed by atoms with E-state index in [-0.39, 0.29) is 18.4 Å². The molecule has 2 saturated heterocycles. The lowest BCUT2D eigenvalue weighted by molar-refractivity contribution is -0.0488. The zero-order valence-electron chi connectivity index (χ0n) is 17.6. The van der Waals surface area contributed by atoms with Crippen LogP contribution >= 0.6 is 0 Å². The molecule has 0 bridgehead atoms. The third kappa shape index (κ3) is 3.68. The Morgan fingerprint density at radius 1 is 1.10 bits per heavy atom. The summed E-state index contributed by atoms with van der Waals surface area (Å²) in [5.74, 6) is 2.70. The normalized spacial score (nSPS) is 30.1. The van der Waals surface area contributed by atoms with E-state index >= 15 is 0 Å². The topological polar surface area (TPSA) is 78.4 Å². The molecule has 3 atom stereocenters. The van der Waals surface area contributed by atoms with Crippen molar-refractivity contribution in [2.45, 2.75) is 32.2 Å². The number of ether oxygens (including phenoxy) is 2. The van der Waals surface area contributed by atoms with Gasteiger partial charge in [0.05, 0.1) is 31.6 Å². The van der Waals surface area contributed by atoms with Gasteiger partial charge in [0.2, 0.25) is 5.96 Å². The van der Waals surface area contributed by atoms with E-state index in [0.29, 0.717) is 0 Å². The Hall–Kier alpha value is -2.49. The Morgan fingerprint density at radius 2 is 1.90 bits per heavy atom. The first-order chi connectivity index (χ1) is 14.7. The van der Waals surface area contributed by atoms with Crippen molar-refractivity contribution in [3.63, 3.8) is 0 Å². The Kier molecular flexibility index (Phi) is 5.41. The van der Waals surface area contributed by atoms with Crippen molar-refractivity contribution in [2.75, 3.05) is 50.8 Å². The van der Waals surface area contributed by atoms with E-state index in [9.17, 15) is 0 Å². The highest BCUT2D eigenvalue weighted by molar-refractivity contribution is 5.99. The summed E-state index contributed by atoms with van der Waals surface area (Å²) in [7, 11) is 0. The molecule has 2 fully saturated rings. The number of anilines is 1. The highest BCUT2D eigenvalue weighted by Gasteiger charge is 2.39. The van der Waals surface area contributed by atoms with Gasteiger partial charge in [0.25, 0.3) is 0 Å². The number of hydrogen-bond donors (Lipinski definition) is 1. The second kappa shape index (κ2) is 8.33. The fourth-order valence-electron chi connectivity index (χ4n) is 4.56. The molecule has 0 aliphatic carbocycles. The molecular weight excluding hydrogens is 382 g/mol. The molecule has 9 nitrogen and oxygen atoms in total. The largest absolute Gasteiger partial charge is 0.379 e. The Bertz CT molecular complexity index is 840. The molecular formula is C21H29N7O2. The molecule has 30 heavy (non-hydrogen) atoms. The number of guanidine groups is 1. The van der Waals surface area contributed by atoms with Gasteiger partial charge in [-0.2, -0.15) is 0 Å². The molecule has 1 aromatic rings. The van der Waals surface area contributed by atoms with Crippen molar-refractivity contribution in [2.24, 2.45) is 4.99 Å².